The van der Waals surface area contributed by atoms with Crippen molar-refractivity contribution in [1.82, 2.24) is 29.7 Å². The third-order valence-electron chi connectivity index (χ3n) is 9.21. The van der Waals surface area contributed by atoms with Crippen molar-refractivity contribution in [3.05, 3.63) is 54.4 Å². The number of hydrogen-bond donors (Lipinski definition) is 2. The van der Waals surface area contributed by atoms with E-state index in [1.807, 2.05) is 55.6 Å². The fourth-order valence-electron chi connectivity index (χ4n) is 6.48. The molecule has 12 nitrogen and oxygen atoms in total. The van der Waals surface area contributed by atoms with E-state index < -0.39 is 0 Å². The van der Waals surface area contributed by atoms with Gasteiger partial charge < -0.3 is 24.4 Å². The van der Waals surface area contributed by atoms with Crippen molar-refractivity contribution in [1.29, 1.82) is 0 Å². The van der Waals surface area contributed by atoms with E-state index in [9.17, 15) is 4.79 Å². The highest BCUT2D eigenvalue weighted by molar-refractivity contribution is 5.89. The number of piperidine rings is 1. The van der Waals surface area contributed by atoms with Crippen molar-refractivity contribution >= 4 is 23.4 Å². The van der Waals surface area contributed by atoms with Crippen molar-refractivity contribution in [3.63, 3.8) is 0 Å². The van der Waals surface area contributed by atoms with Gasteiger partial charge in [-0.15, -0.1) is 10.2 Å². The number of amides is 2. The largest absolute Gasteiger partial charge is 0.491 e. The third kappa shape index (κ3) is 8.03. The highest BCUT2D eigenvalue weighted by atomic mass is 16.5. The SMILES string of the molecule is CCOCCOc1cccc(-n2nc(C(C)(C)C)cc2NC(=O)N[C@H]2CC[C@H](Oc3ccc4nnc(N5CCCC[C@@H]5C)n4c3)CC2)c1. The van der Waals surface area contributed by atoms with E-state index >= 15 is 0 Å². The van der Waals surface area contributed by atoms with Crippen molar-refractivity contribution < 1.29 is 19.0 Å². The molecule has 4 aromatic rings. The highest BCUT2D eigenvalue weighted by Crippen LogP contribution is 2.30. The lowest BCUT2D eigenvalue weighted by molar-refractivity contribution is 0.110. The Morgan fingerprint density at radius 3 is 2.58 bits per heavy atom. The van der Waals surface area contributed by atoms with E-state index in [1.165, 1.54) is 19.3 Å². The second-order valence-corrected chi connectivity index (χ2v) is 13.9. The van der Waals surface area contributed by atoms with Gasteiger partial charge in [0.1, 0.15) is 23.9 Å². The minimum Gasteiger partial charge on any atom is -0.491 e. The van der Waals surface area contributed by atoms with E-state index in [1.54, 1.807) is 4.68 Å². The van der Waals surface area contributed by atoms with Crippen LogP contribution in [0, 0.1) is 0 Å². The second-order valence-electron chi connectivity index (χ2n) is 13.9. The zero-order valence-electron chi connectivity index (χ0n) is 28.9. The number of carbonyl (C=O) groups is 1. The van der Waals surface area contributed by atoms with Gasteiger partial charge in [0.2, 0.25) is 5.95 Å². The summed E-state index contributed by atoms with van der Waals surface area (Å²) in [6.07, 6.45) is 9.05. The summed E-state index contributed by atoms with van der Waals surface area (Å²) < 4.78 is 21.5. The quantitative estimate of drug-likeness (QED) is 0.175. The zero-order chi connectivity index (χ0) is 33.7. The molecule has 6 rings (SSSR count). The maximum absolute atomic E-state index is 13.3. The molecule has 0 unspecified atom stereocenters. The van der Waals surface area contributed by atoms with Crippen LogP contribution in [0.5, 0.6) is 11.5 Å². The molecule has 0 radical (unpaired) electrons. The van der Waals surface area contributed by atoms with Gasteiger partial charge in [0, 0.05) is 42.8 Å². The summed E-state index contributed by atoms with van der Waals surface area (Å²) in [5, 5.41) is 20.0. The van der Waals surface area contributed by atoms with Crippen LogP contribution in [0.3, 0.4) is 0 Å². The Hall–Kier alpha value is -4.32. The van der Waals surface area contributed by atoms with Gasteiger partial charge >= 0.3 is 6.03 Å². The summed E-state index contributed by atoms with van der Waals surface area (Å²) in [5.74, 6) is 3.02. The first-order valence-electron chi connectivity index (χ1n) is 17.4. The van der Waals surface area contributed by atoms with Crippen LogP contribution in [0.25, 0.3) is 11.3 Å². The Morgan fingerprint density at radius 2 is 1.81 bits per heavy atom. The first-order chi connectivity index (χ1) is 23.2. The number of rotatable bonds is 11. The van der Waals surface area contributed by atoms with Gasteiger partial charge in [-0.05, 0) is 83.1 Å². The molecule has 1 aliphatic carbocycles. The predicted molar refractivity (Wildman–Crippen MR) is 187 cm³/mol. The summed E-state index contributed by atoms with van der Waals surface area (Å²) in [4.78, 5) is 15.6. The van der Waals surface area contributed by atoms with E-state index in [-0.39, 0.29) is 23.6 Å². The summed E-state index contributed by atoms with van der Waals surface area (Å²) >= 11 is 0. The Morgan fingerprint density at radius 1 is 0.979 bits per heavy atom. The summed E-state index contributed by atoms with van der Waals surface area (Å²) in [6.45, 7) is 13.2. The molecular formula is C36H50N8O4. The molecule has 48 heavy (non-hydrogen) atoms. The lowest BCUT2D eigenvalue weighted by atomic mass is 9.92. The van der Waals surface area contributed by atoms with Crippen LogP contribution in [0.4, 0.5) is 16.6 Å². The van der Waals surface area contributed by atoms with Gasteiger partial charge in [0.05, 0.1) is 30.3 Å². The number of carbonyl (C=O) groups excluding carboxylic acids is 1. The molecule has 1 saturated heterocycles. The number of pyridine rings is 1. The molecule has 258 valence electrons. The highest BCUT2D eigenvalue weighted by Gasteiger charge is 2.27. The van der Waals surface area contributed by atoms with Gasteiger partial charge in [-0.3, -0.25) is 9.72 Å². The smallest absolute Gasteiger partial charge is 0.320 e. The summed E-state index contributed by atoms with van der Waals surface area (Å²) in [5.41, 5.74) is 2.30. The molecule has 2 aliphatic rings. The number of ether oxygens (including phenoxy) is 3. The molecule has 0 bridgehead atoms. The fourth-order valence-corrected chi connectivity index (χ4v) is 6.48. The Bertz CT molecular complexity index is 1670. The first-order valence-corrected chi connectivity index (χ1v) is 17.4. The van der Waals surface area contributed by atoms with Gasteiger partial charge in [-0.2, -0.15) is 5.10 Å². The number of benzene rings is 1. The average molecular weight is 659 g/mol. The normalized spacial score (nSPS) is 20.1. The number of nitrogens with one attached hydrogen (secondary N) is 2. The number of nitrogens with zero attached hydrogens (tertiary/aromatic N) is 6. The average Bonchev–Trinajstić information content (AvgIpc) is 3.69. The van der Waals surface area contributed by atoms with Crippen LogP contribution in [0.15, 0.2) is 48.7 Å². The monoisotopic (exact) mass is 658 g/mol. The fraction of sp³-hybridized carbons (Fsp3) is 0.556. The van der Waals surface area contributed by atoms with Crippen molar-refractivity contribution in [3.8, 4) is 17.2 Å². The molecule has 2 amide bonds. The molecule has 0 spiro atoms. The zero-order valence-corrected chi connectivity index (χ0v) is 28.9. The van der Waals surface area contributed by atoms with Crippen LogP contribution in [-0.4, -0.2) is 75.0 Å². The molecule has 1 atom stereocenters. The number of urea groups is 1. The van der Waals surface area contributed by atoms with E-state index in [0.29, 0.717) is 37.4 Å². The number of fused-ring (bicyclic) bond motifs is 1. The topological polar surface area (TPSA) is 120 Å². The van der Waals surface area contributed by atoms with Crippen molar-refractivity contribution in [2.45, 2.75) is 103 Å². The molecule has 1 aromatic carbocycles. The number of aromatic nitrogens is 5. The molecule has 3 aromatic heterocycles. The maximum Gasteiger partial charge on any atom is 0.320 e. The Labute approximate surface area is 283 Å². The first kappa shape index (κ1) is 33.6. The lowest BCUT2D eigenvalue weighted by Gasteiger charge is -2.33. The lowest BCUT2D eigenvalue weighted by Crippen LogP contribution is -2.42. The molecule has 1 aliphatic heterocycles. The van der Waals surface area contributed by atoms with Crippen LogP contribution < -0.4 is 25.0 Å². The minimum atomic E-state index is -0.248. The number of anilines is 2. The summed E-state index contributed by atoms with van der Waals surface area (Å²) in [7, 11) is 0. The molecule has 2 N–H and O–H groups in total. The van der Waals surface area contributed by atoms with E-state index in [2.05, 4.69) is 57.8 Å². The molecule has 1 saturated carbocycles. The summed E-state index contributed by atoms with van der Waals surface area (Å²) in [6, 6.07) is 13.8. The van der Waals surface area contributed by atoms with Gasteiger partial charge in [0.15, 0.2) is 5.65 Å². The van der Waals surface area contributed by atoms with Crippen LogP contribution in [-0.2, 0) is 10.2 Å². The van der Waals surface area contributed by atoms with Gasteiger partial charge in [0.25, 0.3) is 0 Å². The molecule has 2 fully saturated rings. The number of hydrogen-bond acceptors (Lipinski definition) is 8. The third-order valence-corrected chi connectivity index (χ3v) is 9.21. The Kier molecular flexibility index (Phi) is 10.4. The maximum atomic E-state index is 13.3. The van der Waals surface area contributed by atoms with Crippen molar-refractivity contribution in [2.75, 3.05) is 36.6 Å². The molecule has 4 heterocycles. The predicted octanol–water partition coefficient (Wildman–Crippen LogP) is 6.52. The van der Waals surface area contributed by atoms with Gasteiger partial charge in [-0.1, -0.05) is 26.8 Å². The Balaban J connectivity index is 1.06. The molecule has 12 heteroatoms. The molecular weight excluding hydrogens is 608 g/mol. The standard InChI is InChI=1S/C36H50N8O4/c1-6-46-20-21-47-29-12-9-11-27(22-29)44-33(23-31(41-44)36(3,4)5)38-34(45)37-26-13-15-28(16-14-26)48-30-17-18-32-39-40-35(43(32)24-30)42-19-8-7-10-25(42)2/h9,11-12,17-18,22-26,28H,6-8,10,13-16,19-21H2,1-5H3,(H2,37,38,45)/t25-,26-,28-/m0/s1. The van der Waals surface area contributed by atoms with Crippen molar-refractivity contribution in [2.24, 2.45) is 0 Å². The minimum absolute atomic E-state index is 0.0536. The second kappa shape index (κ2) is 14.8. The van der Waals surface area contributed by atoms with Crippen LogP contribution in [0.1, 0.15) is 85.3 Å². The van der Waals surface area contributed by atoms with Crippen LogP contribution >= 0.6 is 0 Å². The van der Waals surface area contributed by atoms with E-state index in [4.69, 9.17) is 19.3 Å². The van der Waals surface area contributed by atoms with Gasteiger partial charge in [-0.25, -0.2) is 9.48 Å². The van der Waals surface area contributed by atoms with E-state index in [0.717, 1.165) is 61.0 Å². The van der Waals surface area contributed by atoms with Crippen LogP contribution in [0.2, 0.25) is 0 Å².